The third kappa shape index (κ3) is 4.59. The largest absolute Gasteiger partial charge is 0.396 e. The van der Waals surface area contributed by atoms with Crippen molar-refractivity contribution in [3.05, 3.63) is 65.7 Å². The van der Waals surface area contributed by atoms with Crippen LogP contribution in [-0.4, -0.2) is 43.0 Å². The SMILES string of the molecule is Cc1ccc(Nc2ccc3ncn(-c4ccc(CCO)c(CNCC5(C#N)CC5)n4)c3c2)nn1. The summed E-state index contributed by atoms with van der Waals surface area (Å²) in [5, 5.41) is 33.8. The lowest BCUT2D eigenvalue weighted by Crippen LogP contribution is -2.24. The number of benzene rings is 1. The monoisotopic (exact) mass is 454 g/mol. The van der Waals surface area contributed by atoms with Crippen LogP contribution < -0.4 is 10.6 Å². The summed E-state index contributed by atoms with van der Waals surface area (Å²) in [4.78, 5) is 9.43. The molecule has 0 bridgehead atoms. The number of nitriles is 1. The topological polar surface area (TPSA) is 125 Å². The maximum atomic E-state index is 9.49. The van der Waals surface area contributed by atoms with Gasteiger partial charge >= 0.3 is 0 Å². The van der Waals surface area contributed by atoms with Gasteiger partial charge in [0.05, 0.1) is 33.9 Å². The van der Waals surface area contributed by atoms with Crippen LogP contribution in [-0.2, 0) is 13.0 Å². The van der Waals surface area contributed by atoms with Gasteiger partial charge in [0.2, 0.25) is 0 Å². The number of aryl methyl sites for hydroxylation is 1. The Balaban J connectivity index is 1.42. The summed E-state index contributed by atoms with van der Waals surface area (Å²) in [6, 6.07) is 16.1. The van der Waals surface area contributed by atoms with E-state index in [1.165, 1.54) is 0 Å². The van der Waals surface area contributed by atoms with Crippen molar-refractivity contribution in [2.75, 3.05) is 18.5 Å². The fourth-order valence-electron chi connectivity index (χ4n) is 3.93. The lowest BCUT2D eigenvalue weighted by Gasteiger charge is -2.13. The molecule has 1 aliphatic carbocycles. The average Bonchev–Trinajstić information content (AvgIpc) is 3.51. The van der Waals surface area contributed by atoms with Crippen molar-refractivity contribution in [3.63, 3.8) is 0 Å². The third-order valence-corrected chi connectivity index (χ3v) is 6.15. The Bertz CT molecular complexity index is 1350. The van der Waals surface area contributed by atoms with Gasteiger partial charge in [-0.25, -0.2) is 9.97 Å². The van der Waals surface area contributed by atoms with E-state index in [0.29, 0.717) is 25.3 Å². The van der Waals surface area contributed by atoms with Gasteiger partial charge in [-0.2, -0.15) is 10.4 Å². The van der Waals surface area contributed by atoms with Crippen molar-refractivity contribution < 1.29 is 5.11 Å². The number of nitrogens with zero attached hydrogens (tertiary/aromatic N) is 6. The number of hydrogen-bond donors (Lipinski definition) is 3. The zero-order chi connectivity index (χ0) is 23.5. The number of imidazole rings is 1. The van der Waals surface area contributed by atoms with Gasteiger partial charge in [-0.05, 0) is 68.1 Å². The number of anilines is 2. The van der Waals surface area contributed by atoms with E-state index in [1.807, 2.05) is 54.0 Å². The van der Waals surface area contributed by atoms with Gasteiger partial charge in [-0.15, -0.1) is 5.10 Å². The molecule has 1 saturated carbocycles. The molecule has 0 unspecified atom stereocenters. The molecule has 1 aromatic carbocycles. The first-order chi connectivity index (χ1) is 16.6. The summed E-state index contributed by atoms with van der Waals surface area (Å²) >= 11 is 0. The van der Waals surface area contributed by atoms with Crippen LogP contribution in [0.25, 0.3) is 16.9 Å². The highest BCUT2D eigenvalue weighted by Crippen LogP contribution is 2.44. The lowest BCUT2D eigenvalue weighted by atomic mass is 10.1. The Morgan fingerprint density at radius 3 is 2.76 bits per heavy atom. The highest BCUT2D eigenvalue weighted by molar-refractivity contribution is 5.82. The Hall–Kier alpha value is -3.87. The molecule has 9 nitrogen and oxygen atoms in total. The minimum Gasteiger partial charge on any atom is -0.396 e. The number of rotatable bonds is 9. The molecule has 0 amide bonds. The second-order valence-electron chi connectivity index (χ2n) is 8.75. The van der Waals surface area contributed by atoms with Crippen LogP contribution in [0, 0.1) is 23.7 Å². The van der Waals surface area contributed by atoms with Gasteiger partial charge in [0.15, 0.2) is 5.82 Å². The fourth-order valence-corrected chi connectivity index (χ4v) is 3.93. The van der Waals surface area contributed by atoms with E-state index < -0.39 is 0 Å². The molecule has 0 spiro atoms. The molecule has 9 heteroatoms. The number of aliphatic hydroxyl groups is 1. The molecule has 0 aliphatic heterocycles. The molecule has 172 valence electrons. The Morgan fingerprint density at radius 1 is 1.15 bits per heavy atom. The molecular formula is C25H26N8O. The van der Waals surface area contributed by atoms with Crippen molar-refractivity contribution in [2.45, 2.75) is 32.7 Å². The van der Waals surface area contributed by atoms with Gasteiger partial charge in [0.1, 0.15) is 12.1 Å². The number of hydrogen-bond acceptors (Lipinski definition) is 8. The number of pyridine rings is 1. The van der Waals surface area contributed by atoms with Crippen molar-refractivity contribution in [2.24, 2.45) is 5.41 Å². The summed E-state index contributed by atoms with van der Waals surface area (Å²) in [7, 11) is 0. The van der Waals surface area contributed by atoms with E-state index in [4.69, 9.17) is 4.98 Å². The minimum atomic E-state index is -0.222. The highest BCUT2D eigenvalue weighted by atomic mass is 16.2. The molecule has 0 atom stereocenters. The van der Waals surface area contributed by atoms with Gasteiger partial charge in [-0.3, -0.25) is 4.57 Å². The normalized spacial score (nSPS) is 14.1. The van der Waals surface area contributed by atoms with E-state index >= 15 is 0 Å². The molecule has 34 heavy (non-hydrogen) atoms. The van der Waals surface area contributed by atoms with Gasteiger partial charge in [0.25, 0.3) is 0 Å². The first-order valence-electron chi connectivity index (χ1n) is 11.4. The highest BCUT2D eigenvalue weighted by Gasteiger charge is 2.42. The van der Waals surface area contributed by atoms with Gasteiger partial charge in [-0.1, -0.05) is 6.07 Å². The Labute approximate surface area is 197 Å². The molecule has 0 saturated heterocycles. The Kier molecular flexibility index (Phi) is 5.92. The van der Waals surface area contributed by atoms with Gasteiger partial charge in [0, 0.05) is 25.4 Å². The molecule has 5 rings (SSSR count). The summed E-state index contributed by atoms with van der Waals surface area (Å²) < 4.78 is 1.95. The molecule has 1 fully saturated rings. The molecule has 3 N–H and O–H groups in total. The quantitative estimate of drug-likeness (QED) is 0.352. The number of fused-ring (bicyclic) bond motifs is 1. The van der Waals surface area contributed by atoms with Crippen LogP contribution in [0.5, 0.6) is 0 Å². The van der Waals surface area contributed by atoms with E-state index in [2.05, 4.69) is 31.9 Å². The molecular weight excluding hydrogens is 428 g/mol. The zero-order valence-electron chi connectivity index (χ0n) is 19.0. The maximum absolute atomic E-state index is 9.49. The minimum absolute atomic E-state index is 0.0566. The predicted octanol–water partition coefficient (Wildman–Crippen LogP) is 3.19. The first kappa shape index (κ1) is 21.9. The lowest BCUT2D eigenvalue weighted by molar-refractivity contribution is 0.299. The maximum Gasteiger partial charge on any atom is 0.153 e. The Morgan fingerprint density at radius 2 is 2.03 bits per heavy atom. The van der Waals surface area contributed by atoms with Crippen molar-refractivity contribution in [1.82, 2.24) is 30.0 Å². The van der Waals surface area contributed by atoms with Gasteiger partial charge < -0.3 is 15.7 Å². The number of aromatic nitrogens is 5. The second-order valence-corrected chi connectivity index (χ2v) is 8.75. The first-order valence-corrected chi connectivity index (χ1v) is 11.4. The van der Waals surface area contributed by atoms with Crippen molar-refractivity contribution >= 4 is 22.5 Å². The van der Waals surface area contributed by atoms with Crippen LogP contribution in [0.1, 0.15) is 29.8 Å². The summed E-state index contributed by atoms with van der Waals surface area (Å²) in [5.74, 6) is 1.41. The van der Waals surface area contributed by atoms with Crippen molar-refractivity contribution in [1.29, 1.82) is 5.26 Å². The molecule has 3 heterocycles. The van der Waals surface area contributed by atoms with E-state index in [0.717, 1.165) is 52.3 Å². The summed E-state index contributed by atoms with van der Waals surface area (Å²) in [5.41, 5.74) is 5.13. The smallest absolute Gasteiger partial charge is 0.153 e. The average molecular weight is 455 g/mol. The van der Waals surface area contributed by atoms with Crippen LogP contribution >= 0.6 is 0 Å². The molecule has 4 aromatic rings. The predicted molar refractivity (Wildman–Crippen MR) is 129 cm³/mol. The van der Waals surface area contributed by atoms with E-state index in [1.54, 1.807) is 6.33 Å². The second kappa shape index (κ2) is 9.17. The number of aliphatic hydroxyl groups excluding tert-OH is 1. The van der Waals surface area contributed by atoms with Crippen LogP contribution in [0.15, 0.2) is 48.8 Å². The van der Waals surface area contributed by atoms with Crippen LogP contribution in [0.4, 0.5) is 11.5 Å². The number of nitrogens with one attached hydrogen (secondary N) is 2. The van der Waals surface area contributed by atoms with E-state index in [9.17, 15) is 10.4 Å². The van der Waals surface area contributed by atoms with Crippen LogP contribution in [0.2, 0.25) is 0 Å². The molecule has 0 radical (unpaired) electrons. The summed E-state index contributed by atoms with van der Waals surface area (Å²) in [6.45, 7) is 3.15. The fraction of sp³-hybridized carbons (Fsp3) is 0.320. The summed E-state index contributed by atoms with van der Waals surface area (Å²) in [6.07, 6.45) is 4.18. The zero-order valence-corrected chi connectivity index (χ0v) is 19.0. The molecule has 3 aromatic heterocycles. The standard InChI is InChI=1S/C25H26N8O/c1-17-2-6-23(32-31-17)29-19-4-5-20-22(12-19)33(16-28-20)24-7-3-18(8-11-34)21(30-24)13-27-15-25(14-26)9-10-25/h2-7,12,16,27,34H,8-11,13,15H2,1H3,(H,29,32). The third-order valence-electron chi connectivity index (χ3n) is 6.15. The van der Waals surface area contributed by atoms with Crippen molar-refractivity contribution in [3.8, 4) is 11.9 Å². The van der Waals surface area contributed by atoms with Crippen LogP contribution in [0.3, 0.4) is 0 Å². The van der Waals surface area contributed by atoms with E-state index in [-0.39, 0.29) is 12.0 Å². The molecule has 1 aliphatic rings.